The smallest absolute Gasteiger partial charge is 0.349 e. The SMILES string of the molecule is CN(CCCCCC(=O)ON1C(=O)CCC1=O)C(=O)c1cc2cc(F)c(O)c(F)c2oc1=O. The maximum absolute atomic E-state index is 13.9. The minimum absolute atomic E-state index is 0.00833. The topological polar surface area (TPSA) is 134 Å². The van der Waals surface area contributed by atoms with Gasteiger partial charge >= 0.3 is 11.6 Å². The van der Waals surface area contributed by atoms with Crippen molar-refractivity contribution in [1.29, 1.82) is 0 Å². The molecule has 1 saturated heterocycles. The minimum Gasteiger partial charge on any atom is -0.503 e. The number of nitrogens with zero attached hydrogens (tertiary/aromatic N) is 2. The monoisotopic (exact) mass is 466 g/mol. The molecule has 1 N–H and O–H groups in total. The number of phenolic OH excluding ortho intramolecular Hbond substituents is 1. The van der Waals surface area contributed by atoms with Crippen LogP contribution in [0.2, 0.25) is 0 Å². The number of hydroxylamine groups is 2. The third kappa shape index (κ3) is 5.16. The molecule has 176 valence electrons. The predicted octanol–water partition coefficient (Wildman–Crippen LogP) is 2.02. The van der Waals surface area contributed by atoms with Gasteiger partial charge in [0, 0.05) is 38.2 Å². The fraction of sp³-hybridized carbons (Fsp3) is 0.381. The van der Waals surface area contributed by atoms with E-state index >= 15 is 0 Å². The van der Waals surface area contributed by atoms with Crippen LogP contribution >= 0.6 is 0 Å². The minimum atomic E-state index is -1.44. The van der Waals surface area contributed by atoms with Crippen molar-refractivity contribution in [3.05, 3.63) is 39.8 Å². The Labute approximate surface area is 185 Å². The zero-order chi connectivity index (χ0) is 24.3. The van der Waals surface area contributed by atoms with E-state index in [4.69, 9.17) is 9.25 Å². The van der Waals surface area contributed by atoms with Gasteiger partial charge in [-0.15, -0.1) is 5.06 Å². The lowest BCUT2D eigenvalue weighted by Crippen LogP contribution is -2.32. The Hall–Kier alpha value is -3.83. The van der Waals surface area contributed by atoms with Crippen molar-refractivity contribution in [3.63, 3.8) is 0 Å². The fourth-order valence-electron chi connectivity index (χ4n) is 3.24. The second-order valence-electron chi connectivity index (χ2n) is 7.47. The number of carbonyl (C=O) groups excluding carboxylic acids is 4. The van der Waals surface area contributed by atoms with Gasteiger partial charge in [0.05, 0.1) is 0 Å². The van der Waals surface area contributed by atoms with Crippen LogP contribution < -0.4 is 5.63 Å². The first-order chi connectivity index (χ1) is 15.6. The van der Waals surface area contributed by atoms with Crippen LogP contribution in [0.25, 0.3) is 11.0 Å². The van der Waals surface area contributed by atoms with Crippen molar-refractivity contribution < 1.29 is 42.3 Å². The molecule has 3 amide bonds. The molecular weight excluding hydrogens is 446 g/mol. The maximum atomic E-state index is 13.9. The summed E-state index contributed by atoms with van der Waals surface area (Å²) >= 11 is 0. The molecule has 0 radical (unpaired) electrons. The quantitative estimate of drug-likeness (QED) is 0.355. The lowest BCUT2D eigenvalue weighted by Gasteiger charge is -2.17. The van der Waals surface area contributed by atoms with E-state index in [1.807, 2.05) is 0 Å². The second kappa shape index (κ2) is 9.76. The Bertz CT molecular complexity index is 1180. The number of aromatic hydroxyl groups is 1. The average molecular weight is 466 g/mol. The van der Waals surface area contributed by atoms with E-state index in [1.54, 1.807) is 0 Å². The van der Waals surface area contributed by atoms with E-state index in [0.717, 1.165) is 12.1 Å². The predicted molar refractivity (Wildman–Crippen MR) is 107 cm³/mol. The standard InChI is InChI=1S/C21H20F2N2O8/c1-24(8-4-2-3-5-16(28)33-25-14(26)6-7-15(25)27)20(30)12-9-11-10-13(22)18(29)17(23)19(11)32-21(12)31/h9-10,29H,2-8H2,1H3. The van der Waals surface area contributed by atoms with Crippen molar-refractivity contribution in [3.8, 4) is 5.75 Å². The zero-order valence-corrected chi connectivity index (χ0v) is 17.6. The van der Waals surface area contributed by atoms with Crippen molar-refractivity contribution >= 4 is 34.7 Å². The Balaban J connectivity index is 1.51. The molecule has 0 saturated carbocycles. The summed E-state index contributed by atoms with van der Waals surface area (Å²) in [6.45, 7) is 0.201. The normalized spacial score (nSPS) is 13.6. The third-order valence-corrected chi connectivity index (χ3v) is 5.04. The summed E-state index contributed by atoms with van der Waals surface area (Å²) in [4.78, 5) is 65.2. The molecule has 1 aliphatic heterocycles. The molecule has 0 spiro atoms. The molecule has 1 aromatic carbocycles. The van der Waals surface area contributed by atoms with E-state index in [2.05, 4.69) is 0 Å². The van der Waals surface area contributed by atoms with Gasteiger partial charge in [-0.1, -0.05) is 6.42 Å². The van der Waals surface area contributed by atoms with Crippen molar-refractivity contribution in [2.45, 2.75) is 38.5 Å². The summed E-state index contributed by atoms with van der Waals surface area (Å²) < 4.78 is 32.2. The summed E-state index contributed by atoms with van der Waals surface area (Å²) in [7, 11) is 1.42. The molecular formula is C21H20F2N2O8. The van der Waals surface area contributed by atoms with E-state index < -0.39 is 57.8 Å². The van der Waals surface area contributed by atoms with Gasteiger partial charge in [0.1, 0.15) is 5.56 Å². The summed E-state index contributed by atoms with van der Waals surface area (Å²) in [5, 5.41) is 9.56. The molecule has 0 aliphatic carbocycles. The molecule has 0 unspecified atom stereocenters. The first kappa shape index (κ1) is 23.8. The van der Waals surface area contributed by atoms with Crippen LogP contribution in [-0.2, 0) is 19.2 Å². The Kier molecular flexibility index (Phi) is 7.04. The molecule has 2 heterocycles. The van der Waals surface area contributed by atoms with Crippen molar-refractivity contribution in [1.82, 2.24) is 9.96 Å². The van der Waals surface area contributed by atoms with Crippen molar-refractivity contribution in [2.75, 3.05) is 13.6 Å². The Morgan fingerprint density at radius 3 is 2.45 bits per heavy atom. The lowest BCUT2D eigenvalue weighted by atomic mass is 10.1. The summed E-state index contributed by atoms with van der Waals surface area (Å²) in [6.07, 6.45) is 1.30. The highest BCUT2D eigenvalue weighted by molar-refractivity contribution is 6.01. The number of hydrogen-bond acceptors (Lipinski definition) is 8. The number of benzene rings is 1. The molecule has 1 aliphatic rings. The van der Waals surface area contributed by atoms with Gasteiger partial charge in [-0.3, -0.25) is 14.4 Å². The van der Waals surface area contributed by atoms with Crippen LogP contribution in [0.4, 0.5) is 8.78 Å². The number of amides is 3. The molecule has 3 rings (SSSR count). The second-order valence-corrected chi connectivity index (χ2v) is 7.47. The number of imide groups is 1. The van der Waals surface area contributed by atoms with Gasteiger partial charge in [0.15, 0.2) is 17.1 Å². The average Bonchev–Trinajstić information content (AvgIpc) is 3.09. The van der Waals surface area contributed by atoms with Crippen LogP contribution in [-0.4, -0.2) is 52.4 Å². The van der Waals surface area contributed by atoms with Crippen LogP contribution in [0.1, 0.15) is 48.9 Å². The Morgan fingerprint density at radius 2 is 1.79 bits per heavy atom. The summed E-state index contributed by atoms with van der Waals surface area (Å²) in [5.41, 5.74) is -2.24. The third-order valence-electron chi connectivity index (χ3n) is 5.04. The fourth-order valence-corrected chi connectivity index (χ4v) is 3.24. The zero-order valence-electron chi connectivity index (χ0n) is 17.6. The molecule has 2 aromatic rings. The molecule has 12 heteroatoms. The molecule has 33 heavy (non-hydrogen) atoms. The van der Waals surface area contributed by atoms with Crippen LogP contribution in [0.3, 0.4) is 0 Å². The summed E-state index contributed by atoms with van der Waals surface area (Å²) in [6, 6.07) is 1.73. The van der Waals surface area contributed by atoms with Gasteiger partial charge in [-0.2, -0.15) is 4.39 Å². The maximum Gasteiger partial charge on any atom is 0.349 e. The molecule has 0 atom stereocenters. The van der Waals surface area contributed by atoms with Crippen LogP contribution in [0.5, 0.6) is 5.75 Å². The largest absolute Gasteiger partial charge is 0.503 e. The molecule has 1 fully saturated rings. The lowest BCUT2D eigenvalue weighted by molar-refractivity contribution is -0.197. The highest BCUT2D eigenvalue weighted by Crippen LogP contribution is 2.28. The number of rotatable bonds is 8. The summed E-state index contributed by atoms with van der Waals surface area (Å²) in [5.74, 6) is -6.57. The van der Waals surface area contributed by atoms with Gasteiger partial charge in [0.25, 0.3) is 17.7 Å². The van der Waals surface area contributed by atoms with Crippen LogP contribution in [0.15, 0.2) is 21.3 Å². The van der Waals surface area contributed by atoms with Gasteiger partial charge in [0.2, 0.25) is 5.82 Å². The number of unbranched alkanes of at least 4 members (excludes halogenated alkanes) is 2. The van der Waals surface area contributed by atoms with E-state index in [0.29, 0.717) is 24.3 Å². The highest BCUT2D eigenvalue weighted by Gasteiger charge is 2.32. The number of phenols is 1. The molecule has 10 nitrogen and oxygen atoms in total. The number of carbonyl (C=O) groups is 4. The number of halogens is 2. The van der Waals surface area contributed by atoms with E-state index in [1.165, 1.54) is 11.9 Å². The van der Waals surface area contributed by atoms with Gasteiger partial charge in [-0.05, 0) is 25.0 Å². The Morgan fingerprint density at radius 1 is 1.12 bits per heavy atom. The van der Waals surface area contributed by atoms with E-state index in [-0.39, 0.29) is 31.2 Å². The first-order valence-electron chi connectivity index (χ1n) is 10.1. The molecule has 1 aromatic heterocycles. The highest BCUT2D eigenvalue weighted by atomic mass is 19.1. The molecule has 0 bridgehead atoms. The van der Waals surface area contributed by atoms with Gasteiger partial charge in [-0.25, -0.2) is 14.0 Å². The van der Waals surface area contributed by atoms with Crippen molar-refractivity contribution in [2.24, 2.45) is 0 Å². The number of hydrogen-bond donors (Lipinski definition) is 1. The van der Waals surface area contributed by atoms with Gasteiger partial charge < -0.3 is 19.3 Å². The van der Waals surface area contributed by atoms with Crippen LogP contribution in [0, 0.1) is 11.6 Å². The first-order valence-corrected chi connectivity index (χ1v) is 10.1. The number of fused-ring (bicyclic) bond motifs is 1. The van der Waals surface area contributed by atoms with E-state index in [9.17, 15) is 37.9 Å².